The molecule has 102 valence electrons. The second kappa shape index (κ2) is 6.08. The number of halogens is 1. The van der Waals surface area contributed by atoms with E-state index >= 15 is 0 Å². The van der Waals surface area contributed by atoms with Gasteiger partial charge in [-0.2, -0.15) is 4.98 Å². The summed E-state index contributed by atoms with van der Waals surface area (Å²) in [5, 5.41) is 3.96. The summed E-state index contributed by atoms with van der Waals surface area (Å²) >= 11 is 0. The summed E-state index contributed by atoms with van der Waals surface area (Å²) < 4.78 is 5.32. The molecule has 2 atom stereocenters. The number of nitrogens with zero attached hydrogens (tertiary/aromatic N) is 4. The maximum absolute atomic E-state index is 5.97. The Morgan fingerprint density at radius 1 is 1.26 bits per heavy atom. The third-order valence-corrected chi connectivity index (χ3v) is 3.30. The van der Waals surface area contributed by atoms with Crippen molar-refractivity contribution in [1.82, 2.24) is 20.1 Å². The highest BCUT2D eigenvalue weighted by molar-refractivity contribution is 5.85. The zero-order valence-electron chi connectivity index (χ0n) is 10.4. The molecule has 0 aromatic carbocycles. The number of hydrogen-bond acceptors (Lipinski definition) is 6. The van der Waals surface area contributed by atoms with E-state index in [4.69, 9.17) is 10.3 Å². The highest BCUT2D eigenvalue weighted by atomic mass is 35.5. The molecule has 2 unspecified atom stereocenters. The van der Waals surface area contributed by atoms with Gasteiger partial charge in [-0.3, -0.25) is 4.98 Å². The van der Waals surface area contributed by atoms with Crippen LogP contribution >= 0.6 is 12.4 Å². The highest BCUT2D eigenvalue weighted by Gasteiger charge is 2.25. The predicted octanol–water partition coefficient (Wildman–Crippen LogP) is 1.93. The van der Waals surface area contributed by atoms with Crippen LogP contribution in [0.4, 0.5) is 0 Å². The molecule has 3 rings (SSSR count). The van der Waals surface area contributed by atoms with Crippen LogP contribution in [0.25, 0.3) is 11.5 Å². The number of hydrogen-bond donors (Lipinski definition) is 1. The molecule has 1 aliphatic rings. The summed E-state index contributed by atoms with van der Waals surface area (Å²) in [6.45, 7) is 0. The van der Waals surface area contributed by atoms with Gasteiger partial charge in [-0.05, 0) is 19.3 Å². The van der Waals surface area contributed by atoms with E-state index in [1.807, 2.05) is 0 Å². The monoisotopic (exact) mass is 281 g/mol. The number of aromatic nitrogens is 4. The first kappa shape index (κ1) is 13.9. The third-order valence-electron chi connectivity index (χ3n) is 3.30. The summed E-state index contributed by atoms with van der Waals surface area (Å²) in [6.07, 6.45) is 9.04. The molecular formula is C12H16ClN5O. The Kier molecular flexibility index (Phi) is 4.44. The molecule has 1 fully saturated rings. The molecule has 0 bridgehead atoms. The number of rotatable bonds is 2. The molecule has 2 aromatic rings. The lowest BCUT2D eigenvalue weighted by Crippen LogP contribution is -2.26. The van der Waals surface area contributed by atoms with Crippen molar-refractivity contribution in [3.05, 3.63) is 24.5 Å². The molecule has 2 aromatic heterocycles. The van der Waals surface area contributed by atoms with Crippen LogP contribution in [-0.2, 0) is 0 Å². The molecule has 0 spiro atoms. The first-order valence-corrected chi connectivity index (χ1v) is 6.18. The quantitative estimate of drug-likeness (QED) is 0.904. The van der Waals surface area contributed by atoms with Gasteiger partial charge in [0.15, 0.2) is 0 Å². The predicted molar refractivity (Wildman–Crippen MR) is 71.8 cm³/mol. The van der Waals surface area contributed by atoms with Crippen LogP contribution in [0.2, 0.25) is 0 Å². The zero-order valence-corrected chi connectivity index (χ0v) is 11.2. The van der Waals surface area contributed by atoms with Crippen LogP contribution < -0.4 is 5.73 Å². The van der Waals surface area contributed by atoms with E-state index in [9.17, 15) is 0 Å². The van der Waals surface area contributed by atoms with Crippen molar-refractivity contribution in [2.45, 2.75) is 37.6 Å². The Morgan fingerprint density at radius 3 is 2.89 bits per heavy atom. The van der Waals surface area contributed by atoms with Crippen LogP contribution in [-0.4, -0.2) is 26.2 Å². The zero-order chi connectivity index (χ0) is 12.4. The third kappa shape index (κ3) is 3.08. The second-order valence-corrected chi connectivity index (χ2v) is 4.67. The van der Waals surface area contributed by atoms with Gasteiger partial charge in [0.05, 0.1) is 6.20 Å². The van der Waals surface area contributed by atoms with E-state index in [0.29, 0.717) is 17.4 Å². The van der Waals surface area contributed by atoms with E-state index in [1.54, 1.807) is 18.6 Å². The Labute approximate surface area is 117 Å². The fourth-order valence-corrected chi connectivity index (χ4v) is 2.37. The van der Waals surface area contributed by atoms with Gasteiger partial charge in [-0.15, -0.1) is 12.4 Å². The fourth-order valence-electron chi connectivity index (χ4n) is 2.37. The Hall–Kier alpha value is -1.53. The molecule has 0 amide bonds. The number of nitrogens with two attached hydrogens (primary N) is 1. The summed E-state index contributed by atoms with van der Waals surface area (Å²) in [6, 6.07) is 0.246. The fraction of sp³-hybridized carbons (Fsp3) is 0.500. The average molecular weight is 282 g/mol. The first-order chi connectivity index (χ1) is 8.83. The van der Waals surface area contributed by atoms with Crippen LogP contribution in [0.3, 0.4) is 0 Å². The van der Waals surface area contributed by atoms with Gasteiger partial charge in [0, 0.05) is 24.4 Å². The van der Waals surface area contributed by atoms with Gasteiger partial charge in [-0.25, -0.2) is 4.98 Å². The van der Waals surface area contributed by atoms with Crippen molar-refractivity contribution in [3.8, 4) is 11.5 Å². The maximum atomic E-state index is 5.97. The van der Waals surface area contributed by atoms with Gasteiger partial charge < -0.3 is 10.3 Å². The van der Waals surface area contributed by atoms with Crippen molar-refractivity contribution >= 4 is 12.4 Å². The molecule has 7 heteroatoms. The molecule has 2 heterocycles. The first-order valence-electron chi connectivity index (χ1n) is 6.18. The summed E-state index contributed by atoms with van der Waals surface area (Å²) in [7, 11) is 0. The molecule has 2 N–H and O–H groups in total. The molecule has 0 aliphatic heterocycles. The van der Waals surface area contributed by atoms with Gasteiger partial charge >= 0.3 is 0 Å². The van der Waals surface area contributed by atoms with E-state index in [0.717, 1.165) is 25.7 Å². The largest absolute Gasteiger partial charge is 0.339 e. The minimum atomic E-state index is 0. The van der Waals surface area contributed by atoms with Gasteiger partial charge in [0.1, 0.15) is 5.69 Å². The van der Waals surface area contributed by atoms with Gasteiger partial charge in [0.2, 0.25) is 11.7 Å². The normalized spacial score (nSPS) is 22.8. The van der Waals surface area contributed by atoms with Crippen LogP contribution in [0.5, 0.6) is 0 Å². The molecular weight excluding hydrogens is 266 g/mol. The van der Waals surface area contributed by atoms with Crippen LogP contribution in [0, 0.1) is 0 Å². The molecule has 6 nitrogen and oxygen atoms in total. The van der Waals surface area contributed by atoms with E-state index < -0.39 is 0 Å². The SMILES string of the molecule is Cl.NC1CCCC(c2nc(-c3cnccn3)no2)C1. The van der Waals surface area contributed by atoms with Crippen LogP contribution in [0.15, 0.2) is 23.1 Å². The Morgan fingerprint density at radius 2 is 2.16 bits per heavy atom. The lowest BCUT2D eigenvalue weighted by molar-refractivity contribution is 0.299. The highest BCUT2D eigenvalue weighted by Crippen LogP contribution is 2.31. The lowest BCUT2D eigenvalue weighted by atomic mass is 9.86. The topological polar surface area (TPSA) is 90.7 Å². The van der Waals surface area contributed by atoms with Crippen molar-refractivity contribution in [2.75, 3.05) is 0 Å². The van der Waals surface area contributed by atoms with E-state index in [2.05, 4.69) is 20.1 Å². The molecule has 1 aliphatic carbocycles. The standard InChI is InChI=1S/C12H15N5O.ClH/c13-9-3-1-2-8(6-9)12-16-11(17-18-12)10-7-14-4-5-15-10;/h4-5,7-9H,1-3,6,13H2;1H. The van der Waals surface area contributed by atoms with Gasteiger partial charge in [-0.1, -0.05) is 11.6 Å². The van der Waals surface area contributed by atoms with Crippen molar-refractivity contribution in [3.63, 3.8) is 0 Å². The molecule has 0 saturated heterocycles. The minimum absolute atomic E-state index is 0. The minimum Gasteiger partial charge on any atom is -0.339 e. The molecule has 1 saturated carbocycles. The lowest BCUT2D eigenvalue weighted by Gasteiger charge is -2.23. The van der Waals surface area contributed by atoms with Crippen molar-refractivity contribution in [2.24, 2.45) is 5.73 Å². The molecule has 19 heavy (non-hydrogen) atoms. The maximum Gasteiger partial charge on any atom is 0.230 e. The Balaban J connectivity index is 0.00000133. The summed E-state index contributed by atoms with van der Waals surface area (Å²) in [5.41, 5.74) is 6.60. The second-order valence-electron chi connectivity index (χ2n) is 4.67. The summed E-state index contributed by atoms with van der Waals surface area (Å²) in [5.74, 6) is 1.45. The molecule has 0 radical (unpaired) electrons. The van der Waals surface area contributed by atoms with E-state index in [1.165, 1.54) is 0 Å². The summed E-state index contributed by atoms with van der Waals surface area (Å²) in [4.78, 5) is 12.5. The van der Waals surface area contributed by atoms with E-state index in [-0.39, 0.29) is 24.4 Å². The average Bonchev–Trinajstić information content (AvgIpc) is 2.89. The van der Waals surface area contributed by atoms with Crippen molar-refractivity contribution in [1.29, 1.82) is 0 Å². The smallest absolute Gasteiger partial charge is 0.230 e. The Bertz CT molecular complexity index is 518. The van der Waals surface area contributed by atoms with Crippen LogP contribution in [0.1, 0.15) is 37.5 Å². The van der Waals surface area contributed by atoms with Crippen molar-refractivity contribution < 1.29 is 4.52 Å². The van der Waals surface area contributed by atoms with Gasteiger partial charge in [0.25, 0.3) is 0 Å².